The average molecular weight is 255 g/mol. The van der Waals surface area contributed by atoms with E-state index in [0.717, 1.165) is 29.2 Å². The minimum atomic E-state index is 0.0728. The van der Waals surface area contributed by atoms with Crippen LogP contribution in [0, 0.1) is 6.92 Å². The second kappa shape index (κ2) is 5.85. The van der Waals surface area contributed by atoms with Crippen LogP contribution in [0.5, 0.6) is 0 Å². The maximum atomic E-state index is 6.08. The van der Waals surface area contributed by atoms with Crippen LogP contribution in [0.1, 0.15) is 30.6 Å². The van der Waals surface area contributed by atoms with E-state index in [0.29, 0.717) is 0 Å². The monoisotopic (exact) mass is 255 g/mol. The number of hydrogen-bond acceptors (Lipinski definition) is 3. The van der Waals surface area contributed by atoms with Gasteiger partial charge in [-0.15, -0.1) is 0 Å². The Kier molecular flexibility index (Phi) is 4.17. The Hall–Kier alpha value is -1.87. The van der Waals surface area contributed by atoms with Crippen molar-refractivity contribution >= 4 is 11.5 Å². The molecule has 0 radical (unpaired) electrons. The van der Waals surface area contributed by atoms with Gasteiger partial charge in [-0.25, -0.2) is 4.98 Å². The fourth-order valence-electron chi connectivity index (χ4n) is 2.14. The van der Waals surface area contributed by atoms with Gasteiger partial charge in [0.15, 0.2) is 0 Å². The molecule has 0 aliphatic rings. The number of rotatable bonds is 4. The summed E-state index contributed by atoms with van der Waals surface area (Å²) in [7, 11) is 2.02. The molecule has 0 unspecified atom stereocenters. The summed E-state index contributed by atoms with van der Waals surface area (Å²) in [5.41, 5.74) is 9.35. The zero-order valence-corrected chi connectivity index (χ0v) is 11.8. The minimum absolute atomic E-state index is 0.0728. The van der Waals surface area contributed by atoms with Crippen LogP contribution in [-0.2, 0) is 0 Å². The molecule has 3 nitrogen and oxygen atoms in total. The van der Waals surface area contributed by atoms with Crippen molar-refractivity contribution in [3.05, 3.63) is 53.7 Å². The van der Waals surface area contributed by atoms with Crippen LogP contribution in [0.25, 0.3) is 0 Å². The first kappa shape index (κ1) is 13.6. The molecule has 0 bridgehead atoms. The third-order valence-electron chi connectivity index (χ3n) is 3.44. The minimum Gasteiger partial charge on any atom is -0.329 e. The lowest BCUT2D eigenvalue weighted by Gasteiger charge is -2.20. The van der Waals surface area contributed by atoms with Crippen LogP contribution in [-0.4, -0.2) is 12.0 Å². The van der Waals surface area contributed by atoms with Crippen molar-refractivity contribution in [2.75, 3.05) is 11.9 Å². The molecule has 0 aliphatic carbocycles. The lowest BCUT2D eigenvalue weighted by molar-refractivity contribution is 0.689. The molecule has 0 fully saturated rings. The highest BCUT2D eigenvalue weighted by Crippen LogP contribution is 2.24. The zero-order chi connectivity index (χ0) is 13.8. The Morgan fingerprint density at radius 2 is 1.84 bits per heavy atom. The van der Waals surface area contributed by atoms with Gasteiger partial charge in [0.1, 0.15) is 5.82 Å². The van der Waals surface area contributed by atoms with Crippen molar-refractivity contribution in [3.8, 4) is 0 Å². The number of pyridine rings is 1. The zero-order valence-electron chi connectivity index (χ0n) is 11.8. The second-order valence-corrected chi connectivity index (χ2v) is 4.75. The van der Waals surface area contributed by atoms with Crippen molar-refractivity contribution < 1.29 is 0 Å². The fraction of sp³-hybridized carbons (Fsp3) is 0.312. The molecule has 0 saturated carbocycles. The van der Waals surface area contributed by atoms with Gasteiger partial charge in [-0.1, -0.05) is 31.2 Å². The number of benzene rings is 1. The third-order valence-corrected chi connectivity index (χ3v) is 3.44. The first-order chi connectivity index (χ1) is 9.13. The van der Waals surface area contributed by atoms with Gasteiger partial charge in [-0.2, -0.15) is 0 Å². The highest BCUT2D eigenvalue weighted by molar-refractivity contribution is 5.59. The van der Waals surface area contributed by atoms with Crippen molar-refractivity contribution in [1.82, 2.24) is 4.98 Å². The number of nitrogens with two attached hydrogens (primary N) is 1. The van der Waals surface area contributed by atoms with E-state index in [-0.39, 0.29) is 6.04 Å². The summed E-state index contributed by atoms with van der Waals surface area (Å²) in [6.07, 6.45) is 0.927. The molecule has 0 aliphatic heterocycles. The number of anilines is 2. The van der Waals surface area contributed by atoms with Gasteiger partial charge < -0.3 is 10.6 Å². The predicted octanol–water partition coefficient (Wildman–Crippen LogP) is 3.57. The highest BCUT2D eigenvalue weighted by Gasteiger charge is 2.11. The summed E-state index contributed by atoms with van der Waals surface area (Å²) in [6, 6.07) is 14.4. The molecule has 2 aromatic rings. The summed E-state index contributed by atoms with van der Waals surface area (Å²) in [4.78, 5) is 6.74. The van der Waals surface area contributed by atoms with E-state index in [2.05, 4.69) is 35.0 Å². The van der Waals surface area contributed by atoms with Crippen molar-refractivity contribution in [1.29, 1.82) is 0 Å². The largest absolute Gasteiger partial charge is 0.329 e. The SMILES string of the molecule is CC[C@H](N)c1ccc(N(C)c2ccccc2)nc1C. The summed E-state index contributed by atoms with van der Waals surface area (Å²) < 4.78 is 0. The number of para-hydroxylation sites is 1. The van der Waals surface area contributed by atoms with E-state index in [1.54, 1.807) is 0 Å². The summed E-state index contributed by atoms with van der Waals surface area (Å²) in [5.74, 6) is 0.941. The molecule has 1 aromatic carbocycles. The Labute approximate surface area is 115 Å². The van der Waals surface area contributed by atoms with Crippen molar-refractivity contribution in [2.24, 2.45) is 5.73 Å². The van der Waals surface area contributed by atoms with E-state index in [1.807, 2.05) is 38.2 Å². The van der Waals surface area contributed by atoms with Crippen LogP contribution >= 0.6 is 0 Å². The van der Waals surface area contributed by atoms with E-state index < -0.39 is 0 Å². The molecular formula is C16H21N3. The van der Waals surface area contributed by atoms with Gasteiger partial charge in [0.05, 0.1) is 0 Å². The first-order valence-electron chi connectivity index (χ1n) is 6.65. The summed E-state index contributed by atoms with van der Waals surface area (Å²) in [5, 5.41) is 0. The molecule has 0 saturated heterocycles. The number of aromatic nitrogens is 1. The first-order valence-corrected chi connectivity index (χ1v) is 6.65. The molecule has 2 rings (SSSR count). The summed E-state index contributed by atoms with van der Waals surface area (Å²) >= 11 is 0. The molecule has 1 atom stereocenters. The van der Waals surface area contributed by atoms with Gasteiger partial charge >= 0.3 is 0 Å². The molecular weight excluding hydrogens is 234 g/mol. The predicted molar refractivity (Wildman–Crippen MR) is 80.7 cm³/mol. The lowest BCUT2D eigenvalue weighted by atomic mass is 10.0. The third kappa shape index (κ3) is 2.93. The Balaban J connectivity index is 2.30. The standard InChI is InChI=1S/C16H21N3/c1-4-15(17)14-10-11-16(18-12(14)2)19(3)13-8-6-5-7-9-13/h5-11,15H,4,17H2,1-3H3/t15-/m0/s1. The molecule has 0 amide bonds. The van der Waals surface area contributed by atoms with Crippen LogP contribution in [0.3, 0.4) is 0 Å². The molecule has 3 heteroatoms. The lowest BCUT2D eigenvalue weighted by Crippen LogP contribution is -2.15. The van der Waals surface area contributed by atoms with Gasteiger partial charge in [0.2, 0.25) is 0 Å². The average Bonchev–Trinajstić information content (AvgIpc) is 2.46. The number of nitrogens with zero attached hydrogens (tertiary/aromatic N) is 2. The maximum Gasteiger partial charge on any atom is 0.132 e. The Morgan fingerprint density at radius 1 is 1.16 bits per heavy atom. The molecule has 1 aromatic heterocycles. The topological polar surface area (TPSA) is 42.1 Å². The van der Waals surface area contributed by atoms with Crippen LogP contribution in [0.15, 0.2) is 42.5 Å². The number of aryl methyl sites for hydroxylation is 1. The van der Waals surface area contributed by atoms with Gasteiger partial charge in [0.25, 0.3) is 0 Å². The van der Waals surface area contributed by atoms with Gasteiger partial charge in [-0.05, 0) is 37.1 Å². The molecule has 1 heterocycles. The normalized spacial score (nSPS) is 12.2. The fourth-order valence-corrected chi connectivity index (χ4v) is 2.14. The Morgan fingerprint density at radius 3 is 2.42 bits per heavy atom. The molecule has 19 heavy (non-hydrogen) atoms. The van der Waals surface area contributed by atoms with Crippen molar-refractivity contribution in [2.45, 2.75) is 26.3 Å². The highest BCUT2D eigenvalue weighted by atomic mass is 15.2. The van der Waals surface area contributed by atoms with E-state index in [4.69, 9.17) is 5.73 Å². The smallest absolute Gasteiger partial charge is 0.132 e. The maximum absolute atomic E-state index is 6.08. The van der Waals surface area contributed by atoms with E-state index >= 15 is 0 Å². The van der Waals surface area contributed by atoms with E-state index in [1.165, 1.54) is 0 Å². The molecule has 0 spiro atoms. The van der Waals surface area contributed by atoms with Crippen LogP contribution in [0.4, 0.5) is 11.5 Å². The van der Waals surface area contributed by atoms with E-state index in [9.17, 15) is 0 Å². The van der Waals surface area contributed by atoms with Gasteiger partial charge in [0, 0.05) is 24.5 Å². The van der Waals surface area contributed by atoms with Crippen LogP contribution < -0.4 is 10.6 Å². The molecule has 100 valence electrons. The number of hydrogen-bond donors (Lipinski definition) is 1. The summed E-state index contributed by atoms with van der Waals surface area (Å²) in [6.45, 7) is 4.11. The Bertz CT molecular complexity index is 537. The van der Waals surface area contributed by atoms with Crippen molar-refractivity contribution in [3.63, 3.8) is 0 Å². The molecule has 2 N–H and O–H groups in total. The van der Waals surface area contributed by atoms with Gasteiger partial charge in [-0.3, -0.25) is 0 Å². The second-order valence-electron chi connectivity index (χ2n) is 4.75. The quantitative estimate of drug-likeness (QED) is 0.908. The van der Waals surface area contributed by atoms with Crippen LogP contribution in [0.2, 0.25) is 0 Å².